The normalized spacial score (nSPS) is 10.4. The first-order chi connectivity index (χ1) is 9.81. The molecule has 20 heavy (non-hydrogen) atoms. The molecule has 1 aromatic carbocycles. The Morgan fingerprint density at radius 2 is 2.10 bits per heavy atom. The van der Waals surface area contributed by atoms with Crippen LogP contribution in [-0.4, -0.2) is 9.97 Å². The summed E-state index contributed by atoms with van der Waals surface area (Å²) in [5.41, 5.74) is 3.16. The van der Waals surface area contributed by atoms with Gasteiger partial charge in [0, 0.05) is 28.9 Å². The zero-order valence-corrected chi connectivity index (χ0v) is 12.0. The van der Waals surface area contributed by atoms with Crippen molar-refractivity contribution < 1.29 is 0 Å². The zero-order chi connectivity index (χ0) is 13.8. The molecule has 0 saturated carbocycles. The molecule has 100 valence electrons. The van der Waals surface area contributed by atoms with Crippen LogP contribution < -0.4 is 5.32 Å². The van der Waals surface area contributed by atoms with Crippen LogP contribution in [0.1, 0.15) is 10.7 Å². The number of anilines is 1. The second-order valence-corrected chi connectivity index (χ2v) is 5.54. The van der Waals surface area contributed by atoms with Crippen molar-refractivity contribution in [1.82, 2.24) is 9.97 Å². The van der Waals surface area contributed by atoms with Gasteiger partial charge in [0.05, 0.1) is 5.69 Å². The van der Waals surface area contributed by atoms with Crippen LogP contribution in [0.5, 0.6) is 0 Å². The van der Waals surface area contributed by atoms with Crippen molar-refractivity contribution in [3.63, 3.8) is 0 Å². The molecule has 4 heteroatoms. The van der Waals surface area contributed by atoms with Gasteiger partial charge >= 0.3 is 0 Å². The van der Waals surface area contributed by atoms with E-state index in [1.54, 1.807) is 17.5 Å². The number of thiophene rings is 1. The molecule has 3 nitrogen and oxygen atoms in total. The maximum absolute atomic E-state index is 4.46. The van der Waals surface area contributed by atoms with Crippen LogP contribution in [0.4, 0.5) is 5.69 Å². The lowest BCUT2D eigenvalue weighted by atomic mass is 10.1. The number of nitrogens with one attached hydrogen (secondary N) is 1. The highest BCUT2D eigenvalue weighted by atomic mass is 32.1. The van der Waals surface area contributed by atoms with Gasteiger partial charge in [-0.25, -0.2) is 9.97 Å². The molecule has 0 atom stereocenters. The van der Waals surface area contributed by atoms with Crippen LogP contribution in [0.15, 0.2) is 54.0 Å². The highest BCUT2D eigenvalue weighted by Crippen LogP contribution is 2.21. The summed E-state index contributed by atoms with van der Waals surface area (Å²) in [6, 6.07) is 14.4. The number of hydrogen-bond acceptors (Lipinski definition) is 4. The van der Waals surface area contributed by atoms with E-state index < -0.39 is 0 Å². The Hall–Kier alpha value is -2.20. The predicted octanol–water partition coefficient (Wildman–Crippen LogP) is 4.13. The van der Waals surface area contributed by atoms with Gasteiger partial charge in [0.2, 0.25) is 0 Å². The minimum atomic E-state index is 0.791. The van der Waals surface area contributed by atoms with Crippen molar-refractivity contribution in [3.8, 4) is 11.3 Å². The lowest BCUT2D eigenvalue weighted by molar-refractivity contribution is 1.06. The summed E-state index contributed by atoms with van der Waals surface area (Å²) in [6.45, 7) is 2.76. The van der Waals surface area contributed by atoms with E-state index in [9.17, 15) is 0 Å². The molecule has 0 fully saturated rings. The predicted molar refractivity (Wildman–Crippen MR) is 83.9 cm³/mol. The van der Waals surface area contributed by atoms with Gasteiger partial charge < -0.3 is 5.32 Å². The molecular weight excluding hydrogens is 266 g/mol. The maximum atomic E-state index is 4.46. The maximum Gasteiger partial charge on any atom is 0.125 e. The Morgan fingerprint density at radius 1 is 1.15 bits per heavy atom. The van der Waals surface area contributed by atoms with Gasteiger partial charge in [-0.3, -0.25) is 0 Å². The van der Waals surface area contributed by atoms with Gasteiger partial charge in [-0.05, 0) is 36.6 Å². The first-order valence-corrected chi connectivity index (χ1v) is 7.35. The smallest absolute Gasteiger partial charge is 0.125 e. The van der Waals surface area contributed by atoms with Crippen molar-refractivity contribution in [2.24, 2.45) is 0 Å². The Labute approximate surface area is 122 Å². The standard InChI is InChI=1S/C16H15N3S/c1-12-17-8-7-16(19-12)13-4-2-5-14(10-13)18-11-15-6-3-9-20-15/h2-10,18H,11H2,1H3. The van der Waals surface area contributed by atoms with Crippen LogP contribution in [0, 0.1) is 6.92 Å². The molecule has 0 aliphatic carbocycles. The van der Waals surface area contributed by atoms with Crippen LogP contribution in [0.25, 0.3) is 11.3 Å². The van der Waals surface area contributed by atoms with E-state index in [1.165, 1.54) is 4.88 Å². The fourth-order valence-corrected chi connectivity index (χ4v) is 2.65. The third-order valence-corrected chi connectivity index (χ3v) is 3.86. The third-order valence-electron chi connectivity index (χ3n) is 2.98. The van der Waals surface area contributed by atoms with Crippen molar-refractivity contribution in [2.75, 3.05) is 5.32 Å². The van der Waals surface area contributed by atoms with E-state index in [-0.39, 0.29) is 0 Å². The Kier molecular flexibility index (Phi) is 3.74. The van der Waals surface area contributed by atoms with E-state index in [1.807, 2.05) is 19.1 Å². The lowest BCUT2D eigenvalue weighted by Gasteiger charge is -2.07. The monoisotopic (exact) mass is 281 g/mol. The molecule has 3 aromatic rings. The number of rotatable bonds is 4. The minimum absolute atomic E-state index is 0.791. The molecule has 0 saturated heterocycles. The molecule has 1 N–H and O–H groups in total. The average molecular weight is 281 g/mol. The molecule has 0 aliphatic rings. The highest BCUT2D eigenvalue weighted by Gasteiger charge is 2.02. The summed E-state index contributed by atoms with van der Waals surface area (Å²) in [6.07, 6.45) is 1.80. The molecular formula is C16H15N3S. The molecule has 2 heterocycles. The van der Waals surface area contributed by atoms with E-state index in [0.717, 1.165) is 29.3 Å². The van der Waals surface area contributed by atoms with Gasteiger partial charge in [-0.2, -0.15) is 0 Å². The van der Waals surface area contributed by atoms with Crippen LogP contribution in [0.2, 0.25) is 0 Å². The molecule has 3 rings (SSSR count). The first kappa shape index (κ1) is 12.8. The second kappa shape index (κ2) is 5.84. The molecule has 0 bridgehead atoms. The second-order valence-electron chi connectivity index (χ2n) is 4.50. The van der Waals surface area contributed by atoms with Crippen molar-refractivity contribution in [2.45, 2.75) is 13.5 Å². The minimum Gasteiger partial charge on any atom is -0.380 e. The lowest BCUT2D eigenvalue weighted by Crippen LogP contribution is -1.97. The van der Waals surface area contributed by atoms with E-state index in [2.05, 4.69) is 51.0 Å². The molecule has 0 spiro atoms. The largest absolute Gasteiger partial charge is 0.380 e. The summed E-state index contributed by atoms with van der Waals surface area (Å²) in [5.74, 6) is 0.791. The summed E-state index contributed by atoms with van der Waals surface area (Å²) >= 11 is 1.76. The van der Waals surface area contributed by atoms with Crippen molar-refractivity contribution >= 4 is 17.0 Å². The molecule has 0 amide bonds. The molecule has 0 aliphatic heterocycles. The number of aromatic nitrogens is 2. The van der Waals surface area contributed by atoms with Crippen molar-refractivity contribution in [3.05, 3.63) is 64.7 Å². The van der Waals surface area contributed by atoms with Gasteiger partial charge in [-0.15, -0.1) is 11.3 Å². The van der Waals surface area contributed by atoms with E-state index in [4.69, 9.17) is 0 Å². The number of nitrogens with zero attached hydrogens (tertiary/aromatic N) is 2. The average Bonchev–Trinajstić information content (AvgIpc) is 2.99. The van der Waals surface area contributed by atoms with Gasteiger partial charge in [0.1, 0.15) is 5.82 Å². The number of hydrogen-bond donors (Lipinski definition) is 1. The summed E-state index contributed by atoms with van der Waals surface area (Å²) in [5, 5.41) is 5.53. The van der Waals surface area contributed by atoms with Gasteiger partial charge in [-0.1, -0.05) is 18.2 Å². The van der Waals surface area contributed by atoms with E-state index in [0.29, 0.717) is 0 Å². The van der Waals surface area contributed by atoms with Crippen LogP contribution in [-0.2, 0) is 6.54 Å². The van der Waals surface area contributed by atoms with Gasteiger partial charge in [0.15, 0.2) is 0 Å². The first-order valence-electron chi connectivity index (χ1n) is 6.47. The fourth-order valence-electron chi connectivity index (χ4n) is 2.01. The quantitative estimate of drug-likeness (QED) is 0.781. The van der Waals surface area contributed by atoms with Crippen LogP contribution >= 0.6 is 11.3 Å². The molecule has 2 aromatic heterocycles. The zero-order valence-electron chi connectivity index (χ0n) is 11.2. The summed E-state index contributed by atoms with van der Waals surface area (Å²) in [4.78, 5) is 9.92. The Balaban J connectivity index is 1.79. The van der Waals surface area contributed by atoms with Crippen LogP contribution in [0.3, 0.4) is 0 Å². The van der Waals surface area contributed by atoms with E-state index >= 15 is 0 Å². The fraction of sp³-hybridized carbons (Fsp3) is 0.125. The molecule has 0 unspecified atom stereocenters. The highest BCUT2D eigenvalue weighted by molar-refractivity contribution is 7.09. The number of benzene rings is 1. The SMILES string of the molecule is Cc1nccc(-c2cccc(NCc3cccs3)c2)n1. The number of aryl methyl sites for hydroxylation is 1. The van der Waals surface area contributed by atoms with Gasteiger partial charge in [0.25, 0.3) is 0 Å². The third kappa shape index (κ3) is 3.03. The topological polar surface area (TPSA) is 37.8 Å². The Bertz CT molecular complexity index is 692. The Morgan fingerprint density at radius 3 is 2.90 bits per heavy atom. The summed E-state index contributed by atoms with van der Waals surface area (Å²) in [7, 11) is 0. The van der Waals surface area contributed by atoms with Crippen molar-refractivity contribution in [1.29, 1.82) is 0 Å². The summed E-state index contributed by atoms with van der Waals surface area (Å²) < 4.78 is 0. The molecule has 0 radical (unpaired) electrons.